The average Bonchev–Trinajstić information content (AvgIpc) is 3.13. The summed E-state index contributed by atoms with van der Waals surface area (Å²) >= 11 is 2.36. The first-order valence-corrected chi connectivity index (χ1v) is 9.19. The first-order chi connectivity index (χ1) is 12.0. The van der Waals surface area contributed by atoms with Gasteiger partial charge in [-0.1, -0.05) is 29.6 Å². The van der Waals surface area contributed by atoms with Crippen molar-refractivity contribution in [2.45, 2.75) is 26.8 Å². The van der Waals surface area contributed by atoms with Crippen LogP contribution in [0, 0.1) is 12.7 Å². The van der Waals surface area contributed by atoms with Gasteiger partial charge in [-0.15, -0.1) is 10.2 Å². The number of halogens is 1. The quantitative estimate of drug-likeness (QED) is 0.740. The highest BCUT2D eigenvalue weighted by atomic mass is 32.1. The van der Waals surface area contributed by atoms with Crippen molar-refractivity contribution < 1.29 is 9.18 Å². The van der Waals surface area contributed by atoms with Gasteiger partial charge in [0.2, 0.25) is 11.0 Å². The van der Waals surface area contributed by atoms with E-state index in [0.717, 1.165) is 27.6 Å². The molecular weight excluding hydrogens is 363 g/mol. The van der Waals surface area contributed by atoms with Crippen molar-refractivity contribution in [1.82, 2.24) is 14.8 Å². The standard InChI is InChI=1S/C16H15FN4O2S2/c1-3-13-19-20-15(25-13)18-12(22)8-21-14(9(2)24-16(21)23)10-4-6-11(17)7-5-10/h4-7H,3,8H2,1-2H3,(H,18,20,22). The summed E-state index contributed by atoms with van der Waals surface area (Å²) in [5.74, 6) is -0.715. The first-order valence-electron chi connectivity index (χ1n) is 7.56. The summed E-state index contributed by atoms with van der Waals surface area (Å²) in [6, 6.07) is 5.84. The van der Waals surface area contributed by atoms with Gasteiger partial charge >= 0.3 is 4.87 Å². The summed E-state index contributed by atoms with van der Waals surface area (Å²) < 4.78 is 14.5. The molecule has 0 spiro atoms. The highest BCUT2D eigenvalue weighted by Gasteiger charge is 2.17. The Morgan fingerprint density at radius 2 is 1.96 bits per heavy atom. The van der Waals surface area contributed by atoms with Gasteiger partial charge in [-0.3, -0.25) is 19.5 Å². The summed E-state index contributed by atoms with van der Waals surface area (Å²) in [6.45, 7) is 3.61. The van der Waals surface area contributed by atoms with Gasteiger partial charge < -0.3 is 0 Å². The Morgan fingerprint density at radius 3 is 2.60 bits per heavy atom. The number of hydrogen-bond donors (Lipinski definition) is 1. The van der Waals surface area contributed by atoms with Crippen LogP contribution in [0.25, 0.3) is 11.3 Å². The molecule has 0 atom stereocenters. The van der Waals surface area contributed by atoms with Crippen LogP contribution in [-0.4, -0.2) is 20.7 Å². The van der Waals surface area contributed by atoms with E-state index >= 15 is 0 Å². The van der Waals surface area contributed by atoms with Crippen molar-refractivity contribution in [2.75, 3.05) is 5.32 Å². The zero-order valence-electron chi connectivity index (χ0n) is 13.6. The molecule has 3 aromatic rings. The number of nitrogens with one attached hydrogen (secondary N) is 1. The summed E-state index contributed by atoms with van der Waals surface area (Å²) in [5.41, 5.74) is 1.31. The van der Waals surface area contributed by atoms with E-state index in [1.165, 1.54) is 28.0 Å². The maximum Gasteiger partial charge on any atom is 0.308 e. The van der Waals surface area contributed by atoms with Gasteiger partial charge in [-0.2, -0.15) is 0 Å². The number of benzene rings is 1. The second kappa shape index (κ2) is 7.24. The Bertz CT molecular complexity index is 959. The predicted octanol–water partition coefficient (Wildman–Crippen LogP) is 3.08. The van der Waals surface area contributed by atoms with Crippen LogP contribution < -0.4 is 10.2 Å². The van der Waals surface area contributed by atoms with Crippen LogP contribution in [0.3, 0.4) is 0 Å². The molecule has 3 rings (SSSR count). The van der Waals surface area contributed by atoms with E-state index in [-0.39, 0.29) is 23.1 Å². The maximum atomic E-state index is 13.2. The van der Waals surface area contributed by atoms with E-state index in [2.05, 4.69) is 15.5 Å². The van der Waals surface area contributed by atoms with Crippen molar-refractivity contribution in [3.63, 3.8) is 0 Å². The Kier molecular flexibility index (Phi) is 5.05. The Morgan fingerprint density at radius 1 is 1.24 bits per heavy atom. The van der Waals surface area contributed by atoms with E-state index in [9.17, 15) is 14.0 Å². The minimum absolute atomic E-state index is 0.142. The predicted molar refractivity (Wildman–Crippen MR) is 96.6 cm³/mol. The van der Waals surface area contributed by atoms with Gasteiger partial charge in [0.15, 0.2) is 0 Å². The van der Waals surface area contributed by atoms with E-state index in [4.69, 9.17) is 0 Å². The molecule has 2 heterocycles. The number of rotatable bonds is 5. The molecule has 2 aromatic heterocycles. The van der Waals surface area contributed by atoms with Crippen molar-refractivity contribution in [3.05, 3.63) is 49.6 Å². The van der Waals surface area contributed by atoms with Gasteiger partial charge in [-0.05, 0) is 43.2 Å². The summed E-state index contributed by atoms with van der Waals surface area (Å²) in [5, 5.41) is 11.7. The number of aryl methyl sites for hydroxylation is 2. The minimum Gasteiger partial charge on any atom is -0.299 e. The summed E-state index contributed by atoms with van der Waals surface area (Å²) in [7, 11) is 0. The zero-order chi connectivity index (χ0) is 18.0. The minimum atomic E-state index is -0.359. The molecule has 25 heavy (non-hydrogen) atoms. The van der Waals surface area contributed by atoms with Gasteiger partial charge in [-0.25, -0.2) is 4.39 Å². The highest BCUT2D eigenvalue weighted by molar-refractivity contribution is 7.15. The third kappa shape index (κ3) is 3.83. The fourth-order valence-corrected chi connectivity index (χ4v) is 3.92. The largest absolute Gasteiger partial charge is 0.308 e. The van der Waals surface area contributed by atoms with Crippen molar-refractivity contribution in [2.24, 2.45) is 0 Å². The molecule has 9 heteroatoms. The molecule has 0 fully saturated rings. The van der Waals surface area contributed by atoms with Gasteiger partial charge in [0.05, 0.1) is 5.69 Å². The van der Waals surface area contributed by atoms with E-state index < -0.39 is 0 Å². The second-order valence-electron chi connectivity index (χ2n) is 5.27. The lowest BCUT2D eigenvalue weighted by atomic mass is 10.1. The molecular formula is C16H15FN4O2S2. The van der Waals surface area contributed by atoms with Crippen LogP contribution in [0.5, 0.6) is 0 Å². The molecule has 1 N–H and O–H groups in total. The molecule has 0 bridgehead atoms. The fourth-order valence-electron chi connectivity index (χ4n) is 2.38. The molecule has 0 unspecified atom stereocenters. The lowest BCUT2D eigenvalue weighted by Crippen LogP contribution is -2.25. The molecule has 0 radical (unpaired) electrons. The Labute approximate surface area is 151 Å². The van der Waals surface area contributed by atoms with Crippen LogP contribution >= 0.6 is 22.7 Å². The van der Waals surface area contributed by atoms with Crippen LogP contribution in [-0.2, 0) is 17.8 Å². The van der Waals surface area contributed by atoms with E-state index in [0.29, 0.717) is 16.4 Å². The van der Waals surface area contributed by atoms with Crippen molar-refractivity contribution in [3.8, 4) is 11.3 Å². The number of nitrogens with zero attached hydrogens (tertiary/aromatic N) is 3. The molecule has 6 nitrogen and oxygen atoms in total. The normalized spacial score (nSPS) is 10.8. The lowest BCUT2D eigenvalue weighted by Gasteiger charge is -2.08. The fraction of sp³-hybridized carbons (Fsp3) is 0.250. The molecule has 0 aliphatic heterocycles. The topological polar surface area (TPSA) is 76.9 Å². The molecule has 0 saturated heterocycles. The Hall–Kier alpha value is -2.39. The Balaban J connectivity index is 1.85. The zero-order valence-corrected chi connectivity index (χ0v) is 15.2. The molecule has 0 saturated carbocycles. The third-order valence-electron chi connectivity index (χ3n) is 3.50. The highest BCUT2D eigenvalue weighted by Crippen LogP contribution is 2.25. The third-order valence-corrected chi connectivity index (χ3v) is 5.38. The number of anilines is 1. The number of amides is 1. The molecule has 1 aromatic carbocycles. The van der Waals surface area contributed by atoms with E-state index in [1.54, 1.807) is 19.1 Å². The number of carbonyl (C=O) groups is 1. The molecule has 130 valence electrons. The molecule has 0 aliphatic rings. The summed E-state index contributed by atoms with van der Waals surface area (Å²) in [4.78, 5) is 25.1. The number of carbonyl (C=O) groups excluding carboxylic acids is 1. The monoisotopic (exact) mass is 378 g/mol. The van der Waals surface area contributed by atoms with Crippen LogP contribution in [0.1, 0.15) is 16.8 Å². The van der Waals surface area contributed by atoms with Crippen LogP contribution in [0.4, 0.5) is 9.52 Å². The average molecular weight is 378 g/mol. The smallest absolute Gasteiger partial charge is 0.299 e. The first kappa shape index (κ1) is 17.4. The maximum absolute atomic E-state index is 13.2. The number of thiazole rings is 1. The number of aromatic nitrogens is 3. The SMILES string of the molecule is CCc1nnc(NC(=O)Cn2c(-c3ccc(F)cc3)c(C)sc2=O)s1. The van der Waals surface area contributed by atoms with Crippen LogP contribution in [0.2, 0.25) is 0 Å². The molecule has 0 aliphatic carbocycles. The van der Waals surface area contributed by atoms with Crippen molar-refractivity contribution >= 4 is 33.7 Å². The summed E-state index contributed by atoms with van der Waals surface area (Å²) in [6.07, 6.45) is 0.742. The van der Waals surface area contributed by atoms with Crippen LogP contribution in [0.15, 0.2) is 29.1 Å². The number of hydrogen-bond acceptors (Lipinski definition) is 6. The second-order valence-corrected chi connectivity index (χ2v) is 7.50. The van der Waals surface area contributed by atoms with E-state index in [1.807, 2.05) is 6.92 Å². The van der Waals surface area contributed by atoms with Gasteiger partial charge in [0.25, 0.3) is 0 Å². The van der Waals surface area contributed by atoms with Gasteiger partial charge in [0, 0.05) is 4.88 Å². The van der Waals surface area contributed by atoms with Crippen molar-refractivity contribution in [1.29, 1.82) is 0 Å². The van der Waals surface area contributed by atoms with Gasteiger partial charge in [0.1, 0.15) is 17.4 Å². The molecule has 1 amide bonds. The lowest BCUT2D eigenvalue weighted by molar-refractivity contribution is -0.116.